The summed E-state index contributed by atoms with van der Waals surface area (Å²) in [5, 5.41) is 6.15. The second kappa shape index (κ2) is 9.69. The largest absolute Gasteiger partial charge is 0.497 e. The zero-order valence-electron chi connectivity index (χ0n) is 18.6. The van der Waals surface area contributed by atoms with E-state index in [0.29, 0.717) is 17.9 Å². The van der Waals surface area contributed by atoms with Crippen molar-refractivity contribution in [3.8, 4) is 5.75 Å². The maximum atomic E-state index is 13.0. The number of ketones is 1. The molecule has 2 N–H and O–H groups in total. The number of ether oxygens (including phenoxy) is 2. The molecule has 164 valence electrons. The number of amides is 1. The Hall–Kier alpha value is -3.28. The topological polar surface area (TPSA) is 76.7 Å². The minimum absolute atomic E-state index is 0.156. The quantitative estimate of drug-likeness (QED) is 0.365. The number of hydrogen-bond acceptors (Lipinski definition) is 5. The third kappa shape index (κ3) is 5.87. The number of carbonyl (C=O) groups excluding carboxylic acids is 2. The van der Waals surface area contributed by atoms with Crippen molar-refractivity contribution < 1.29 is 19.1 Å². The number of fused-ring (bicyclic) bond motifs is 1. The average Bonchev–Trinajstić information content (AvgIpc) is 2.73. The molecule has 0 fully saturated rings. The van der Waals surface area contributed by atoms with Crippen molar-refractivity contribution in [3.05, 3.63) is 65.2 Å². The summed E-state index contributed by atoms with van der Waals surface area (Å²) >= 11 is 0. The molecule has 6 heteroatoms. The predicted molar refractivity (Wildman–Crippen MR) is 123 cm³/mol. The highest BCUT2D eigenvalue weighted by Crippen LogP contribution is 2.32. The molecular formula is C25H30N2O4. The van der Waals surface area contributed by atoms with Crippen molar-refractivity contribution in [2.24, 2.45) is 0 Å². The van der Waals surface area contributed by atoms with Gasteiger partial charge in [0.25, 0.3) is 0 Å². The lowest BCUT2D eigenvalue weighted by Gasteiger charge is -2.35. The van der Waals surface area contributed by atoms with E-state index in [2.05, 4.69) is 24.5 Å². The lowest BCUT2D eigenvalue weighted by Crippen LogP contribution is -2.43. The Bertz CT molecular complexity index is 995. The highest BCUT2D eigenvalue weighted by atomic mass is 16.5. The molecule has 3 rings (SSSR count). The molecule has 31 heavy (non-hydrogen) atoms. The Labute approximate surface area is 183 Å². The van der Waals surface area contributed by atoms with Crippen LogP contribution < -0.4 is 15.4 Å². The van der Waals surface area contributed by atoms with Crippen LogP contribution in [0.2, 0.25) is 0 Å². The molecule has 0 spiro atoms. The minimum atomic E-state index is -0.520. The summed E-state index contributed by atoms with van der Waals surface area (Å²) in [6.07, 6.45) is 3.70. The molecule has 0 bridgehead atoms. The summed E-state index contributed by atoms with van der Waals surface area (Å²) in [5.41, 5.74) is 3.69. The molecule has 0 radical (unpaired) electrons. The van der Waals surface area contributed by atoms with Gasteiger partial charge < -0.3 is 14.8 Å². The first kappa shape index (κ1) is 22.4. The normalized spacial score (nSPS) is 15.5. The van der Waals surface area contributed by atoms with Gasteiger partial charge >= 0.3 is 6.09 Å². The second-order valence-corrected chi connectivity index (χ2v) is 8.33. The summed E-state index contributed by atoms with van der Waals surface area (Å²) in [5.74, 6) is 0.586. The molecule has 0 aromatic heterocycles. The summed E-state index contributed by atoms with van der Waals surface area (Å²) in [6, 6.07) is 12.8. The van der Waals surface area contributed by atoms with Crippen LogP contribution in [0.1, 0.15) is 55.1 Å². The van der Waals surface area contributed by atoms with Gasteiger partial charge in [0.2, 0.25) is 0 Å². The van der Waals surface area contributed by atoms with Crippen LogP contribution >= 0.6 is 0 Å². The number of carbonyl (C=O) groups is 2. The van der Waals surface area contributed by atoms with E-state index in [1.807, 2.05) is 25.1 Å². The second-order valence-electron chi connectivity index (χ2n) is 8.33. The van der Waals surface area contributed by atoms with Gasteiger partial charge in [-0.2, -0.15) is 0 Å². The lowest BCUT2D eigenvalue weighted by atomic mass is 9.85. The van der Waals surface area contributed by atoms with Gasteiger partial charge in [0.1, 0.15) is 5.75 Å². The van der Waals surface area contributed by atoms with Gasteiger partial charge in [-0.15, -0.1) is 0 Å². The first-order valence-electron chi connectivity index (χ1n) is 10.6. The minimum Gasteiger partial charge on any atom is -0.497 e. The molecule has 0 aliphatic carbocycles. The van der Waals surface area contributed by atoms with Crippen molar-refractivity contribution in [2.75, 3.05) is 19.0 Å². The van der Waals surface area contributed by atoms with Crippen LogP contribution in [0, 0.1) is 0 Å². The van der Waals surface area contributed by atoms with Crippen LogP contribution in [-0.2, 0) is 11.2 Å². The maximum Gasteiger partial charge on any atom is 0.411 e. The standard InChI is InChI=1S/C25H30N2O4/c1-5-6-12-31-24(29)26-19-9-7-8-17(13-19)23(28)15-22-21-14-20(30-4)11-10-18(21)16-25(2,3)27-22/h7-11,13-15,27H,5-6,12,16H2,1-4H3,(H,26,29)/b22-15-. The molecule has 2 aromatic carbocycles. The number of hydrogen-bond donors (Lipinski definition) is 2. The van der Waals surface area contributed by atoms with Crippen molar-refractivity contribution >= 4 is 23.3 Å². The zero-order chi connectivity index (χ0) is 22.4. The van der Waals surface area contributed by atoms with Crippen LogP contribution in [0.25, 0.3) is 5.70 Å². The van der Waals surface area contributed by atoms with Gasteiger partial charge in [0.15, 0.2) is 5.78 Å². The highest BCUT2D eigenvalue weighted by molar-refractivity contribution is 6.09. The Morgan fingerprint density at radius 2 is 2.00 bits per heavy atom. The van der Waals surface area contributed by atoms with Gasteiger partial charge in [-0.05, 0) is 56.5 Å². The van der Waals surface area contributed by atoms with Crippen LogP contribution in [-0.4, -0.2) is 31.1 Å². The smallest absolute Gasteiger partial charge is 0.411 e. The van der Waals surface area contributed by atoms with Crippen molar-refractivity contribution in [3.63, 3.8) is 0 Å². The molecule has 1 aliphatic heterocycles. The number of nitrogens with one attached hydrogen (secondary N) is 2. The fourth-order valence-corrected chi connectivity index (χ4v) is 3.58. The van der Waals surface area contributed by atoms with Crippen LogP contribution in [0.5, 0.6) is 5.75 Å². The van der Waals surface area contributed by atoms with Gasteiger partial charge in [-0.1, -0.05) is 31.5 Å². The Balaban J connectivity index is 1.83. The first-order valence-corrected chi connectivity index (χ1v) is 10.6. The number of anilines is 1. The van der Waals surface area contributed by atoms with E-state index >= 15 is 0 Å². The summed E-state index contributed by atoms with van der Waals surface area (Å²) in [4.78, 5) is 24.9. The van der Waals surface area contributed by atoms with E-state index in [4.69, 9.17) is 9.47 Å². The number of rotatable bonds is 7. The van der Waals surface area contributed by atoms with Gasteiger partial charge in [-0.25, -0.2) is 4.79 Å². The van der Waals surface area contributed by atoms with Gasteiger partial charge in [-0.3, -0.25) is 10.1 Å². The van der Waals surface area contributed by atoms with E-state index < -0.39 is 6.09 Å². The van der Waals surface area contributed by atoms with E-state index in [0.717, 1.165) is 41.8 Å². The van der Waals surface area contributed by atoms with Gasteiger partial charge in [0, 0.05) is 34.1 Å². The molecule has 0 unspecified atom stereocenters. The third-order valence-electron chi connectivity index (χ3n) is 5.11. The molecular weight excluding hydrogens is 392 g/mol. The average molecular weight is 423 g/mol. The first-order chi connectivity index (χ1) is 14.8. The van der Waals surface area contributed by atoms with Crippen LogP contribution in [0.4, 0.5) is 10.5 Å². The number of benzene rings is 2. The van der Waals surface area contributed by atoms with Crippen molar-refractivity contribution in [2.45, 2.75) is 45.6 Å². The van der Waals surface area contributed by atoms with Crippen molar-refractivity contribution in [1.82, 2.24) is 5.32 Å². The number of methoxy groups -OCH3 is 1. The van der Waals surface area contributed by atoms with E-state index in [-0.39, 0.29) is 11.3 Å². The summed E-state index contributed by atoms with van der Waals surface area (Å²) in [7, 11) is 1.63. The maximum absolute atomic E-state index is 13.0. The molecule has 6 nitrogen and oxygen atoms in total. The fourth-order valence-electron chi connectivity index (χ4n) is 3.58. The SMILES string of the molecule is CCCCOC(=O)Nc1cccc(C(=O)/C=C2\NC(C)(C)Cc3ccc(OC)cc32)c1. The van der Waals surface area contributed by atoms with E-state index in [9.17, 15) is 9.59 Å². The molecule has 1 amide bonds. The lowest BCUT2D eigenvalue weighted by molar-refractivity contribution is 0.104. The Kier molecular flexibility index (Phi) is 7.00. The Morgan fingerprint density at radius 3 is 2.74 bits per heavy atom. The van der Waals surface area contributed by atoms with E-state index in [1.54, 1.807) is 37.5 Å². The molecule has 2 aromatic rings. The monoisotopic (exact) mass is 422 g/mol. The highest BCUT2D eigenvalue weighted by Gasteiger charge is 2.28. The fraction of sp³-hybridized carbons (Fsp3) is 0.360. The molecule has 1 aliphatic rings. The molecule has 0 atom stereocenters. The summed E-state index contributed by atoms with van der Waals surface area (Å²) < 4.78 is 10.5. The number of unbranched alkanes of at least 4 members (excludes halogenated alkanes) is 1. The number of allylic oxidation sites excluding steroid dienone is 1. The molecule has 0 saturated carbocycles. The summed E-state index contributed by atoms with van der Waals surface area (Å²) in [6.45, 7) is 6.61. The van der Waals surface area contributed by atoms with E-state index in [1.165, 1.54) is 0 Å². The van der Waals surface area contributed by atoms with Crippen LogP contribution in [0.15, 0.2) is 48.5 Å². The predicted octanol–water partition coefficient (Wildman–Crippen LogP) is 5.19. The van der Waals surface area contributed by atoms with Crippen molar-refractivity contribution in [1.29, 1.82) is 0 Å². The van der Waals surface area contributed by atoms with Gasteiger partial charge in [0.05, 0.1) is 13.7 Å². The third-order valence-corrected chi connectivity index (χ3v) is 5.11. The molecule has 1 heterocycles. The zero-order valence-corrected chi connectivity index (χ0v) is 18.6. The molecule has 0 saturated heterocycles. The van der Waals surface area contributed by atoms with Crippen LogP contribution in [0.3, 0.4) is 0 Å². The Morgan fingerprint density at radius 1 is 1.19 bits per heavy atom.